The number of methoxy groups -OCH3 is 1. The zero-order chi connectivity index (χ0) is 14.8. The van der Waals surface area contributed by atoms with Gasteiger partial charge in [0.25, 0.3) is 0 Å². The number of amides is 1. The number of aromatic nitrogens is 2. The van der Waals surface area contributed by atoms with Gasteiger partial charge in [-0.3, -0.25) is 9.48 Å². The number of carbonyl (C=O) groups is 2. The maximum absolute atomic E-state index is 12.4. The smallest absolute Gasteiger partial charge is 0.332 e. The van der Waals surface area contributed by atoms with Gasteiger partial charge in [0.05, 0.1) is 13.0 Å². The van der Waals surface area contributed by atoms with E-state index in [0.29, 0.717) is 19.4 Å². The Balaban J connectivity index is 2.19. The van der Waals surface area contributed by atoms with E-state index in [1.807, 2.05) is 0 Å². The van der Waals surface area contributed by atoms with E-state index in [1.165, 1.54) is 12.0 Å². The fraction of sp³-hybridized carbons (Fsp3) is 0.615. The number of rotatable bonds is 5. The van der Waals surface area contributed by atoms with Crippen LogP contribution >= 0.6 is 0 Å². The molecule has 1 unspecified atom stereocenters. The van der Waals surface area contributed by atoms with Crippen molar-refractivity contribution in [1.82, 2.24) is 14.7 Å². The molecule has 1 saturated heterocycles. The van der Waals surface area contributed by atoms with Crippen LogP contribution in [0, 0.1) is 0 Å². The molecule has 0 spiro atoms. The fourth-order valence-electron chi connectivity index (χ4n) is 2.74. The molecule has 0 aromatic carbocycles. The van der Waals surface area contributed by atoms with Crippen LogP contribution in [0.25, 0.3) is 0 Å². The average Bonchev–Trinajstić information content (AvgIpc) is 2.98. The summed E-state index contributed by atoms with van der Waals surface area (Å²) < 4.78 is 6.66. The first-order valence-corrected chi connectivity index (χ1v) is 6.51. The van der Waals surface area contributed by atoms with E-state index in [1.54, 1.807) is 24.0 Å². The highest BCUT2D eigenvalue weighted by Crippen LogP contribution is 2.30. The van der Waals surface area contributed by atoms with Crippen LogP contribution in [0.4, 0.5) is 0 Å². The molecular weight excluding hydrogens is 262 g/mol. The molecule has 2 heterocycles. The summed E-state index contributed by atoms with van der Waals surface area (Å²) in [6.07, 6.45) is 2.86. The Hall–Kier alpha value is -1.89. The Labute approximate surface area is 117 Å². The van der Waals surface area contributed by atoms with Crippen molar-refractivity contribution < 1.29 is 19.4 Å². The van der Waals surface area contributed by atoms with Gasteiger partial charge in [0.1, 0.15) is 0 Å². The Morgan fingerprint density at radius 1 is 1.55 bits per heavy atom. The first-order valence-electron chi connectivity index (χ1n) is 6.51. The van der Waals surface area contributed by atoms with Crippen molar-refractivity contribution in [3.63, 3.8) is 0 Å². The number of carboxylic acids is 1. The third kappa shape index (κ3) is 2.40. The van der Waals surface area contributed by atoms with E-state index in [-0.39, 0.29) is 18.9 Å². The minimum Gasteiger partial charge on any atom is -0.479 e. The standard InChI is InChI=1S/C13H19N3O4/c1-15-10(4-6-14-15)8-11(17)16-7-3-5-13(16,9-20-2)12(18)19/h4,6H,3,5,7-9H2,1-2H3,(H,18,19). The average molecular weight is 281 g/mol. The molecule has 1 atom stereocenters. The van der Waals surface area contributed by atoms with Crippen molar-refractivity contribution in [2.75, 3.05) is 20.3 Å². The van der Waals surface area contributed by atoms with Crippen molar-refractivity contribution >= 4 is 11.9 Å². The second-order valence-corrected chi connectivity index (χ2v) is 5.04. The third-order valence-electron chi connectivity index (χ3n) is 3.83. The normalized spacial score (nSPS) is 22.2. The van der Waals surface area contributed by atoms with Crippen LogP contribution in [0.1, 0.15) is 18.5 Å². The molecule has 1 fully saturated rings. The minimum atomic E-state index is -1.23. The first-order chi connectivity index (χ1) is 9.51. The van der Waals surface area contributed by atoms with Gasteiger partial charge in [0.15, 0.2) is 5.54 Å². The molecule has 1 aliphatic rings. The summed E-state index contributed by atoms with van der Waals surface area (Å²) in [4.78, 5) is 25.5. The van der Waals surface area contributed by atoms with Gasteiger partial charge in [0, 0.05) is 32.6 Å². The van der Waals surface area contributed by atoms with E-state index < -0.39 is 11.5 Å². The molecule has 0 saturated carbocycles. The van der Waals surface area contributed by atoms with Gasteiger partial charge >= 0.3 is 5.97 Å². The van der Waals surface area contributed by atoms with Crippen LogP contribution in [0.15, 0.2) is 12.3 Å². The van der Waals surface area contributed by atoms with Gasteiger partial charge in [-0.1, -0.05) is 0 Å². The van der Waals surface area contributed by atoms with Crippen molar-refractivity contribution in [3.8, 4) is 0 Å². The molecule has 7 nitrogen and oxygen atoms in total. The fourth-order valence-corrected chi connectivity index (χ4v) is 2.74. The number of aliphatic carboxylic acids is 1. The molecule has 0 radical (unpaired) electrons. The Bertz CT molecular complexity index is 513. The molecule has 1 amide bonds. The second kappa shape index (κ2) is 5.62. The Morgan fingerprint density at radius 3 is 2.85 bits per heavy atom. The number of carboxylic acid groups (broad SMARTS) is 1. The molecule has 20 heavy (non-hydrogen) atoms. The monoisotopic (exact) mass is 281 g/mol. The molecule has 1 N–H and O–H groups in total. The van der Waals surface area contributed by atoms with Gasteiger partial charge in [0.2, 0.25) is 5.91 Å². The molecule has 1 aromatic heterocycles. The highest BCUT2D eigenvalue weighted by atomic mass is 16.5. The number of carbonyl (C=O) groups excluding carboxylic acids is 1. The molecule has 2 rings (SSSR count). The number of hydrogen-bond donors (Lipinski definition) is 1. The lowest BCUT2D eigenvalue weighted by molar-refractivity contribution is -0.160. The summed E-state index contributed by atoms with van der Waals surface area (Å²) in [6.45, 7) is 0.464. The van der Waals surface area contributed by atoms with E-state index in [9.17, 15) is 14.7 Å². The highest BCUT2D eigenvalue weighted by Gasteiger charge is 2.50. The SMILES string of the molecule is COCC1(C(=O)O)CCCN1C(=O)Cc1ccnn1C. The molecule has 0 bridgehead atoms. The van der Waals surface area contributed by atoms with Crippen molar-refractivity contribution in [2.45, 2.75) is 24.8 Å². The first kappa shape index (κ1) is 14.5. The topological polar surface area (TPSA) is 84.7 Å². The van der Waals surface area contributed by atoms with E-state index >= 15 is 0 Å². The highest BCUT2D eigenvalue weighted by molar-refractivity contribution is 5.88. The lowest BCUT2D eigenvalue weighted by atomic mass is 9.97. The zero-order valence-corrected chi connectivity index (χ0v) is 11.7. The van der Waals surface area contributed by atoms with Crippen LogP contribution in [0.2, 0.25) is 0 Å². The summed E-state index contributed by atoms with van der Waals surface area (Å²) in [5.41, 5.74) is -0.469. The van der Waals surface area contributed by atoms with Crippen molar-refractivity contribution in [3.05, 3.63) is 18.0 Å². The van der Waals surface area contributed by atoms with E-state index in [4.69, 9.17) is 4.74 Å². The van der Waals surface area contributed by atoms with Crippen LogP contribution in [-0.4, -0.2) is 57.5 Å². The van der Waals surface area contributed by atoms with Gasteiger partial charge in [-0.05, 0) is 18.9 Å². The van der Waals surface area contributed by atoms with Gasteiger partial charge in [-0.25, -0.2) is 4.79 Å². The van der Waals surface area contributed by atoms with Gasteiger partial charge in [-0.2, -0.15) is 5.10 Å². The van der Waals surface area contributed by atoms with E-state index in [0.717, 1.165) is 5.69 Å². The summed E-state index contributed by atoms with van der Waals surface area (Å²) in [5.74, 6) is -1.21. The summed E-state index contributed by atoms with van der Waals surface area (Å²) in [6, 6.07) is 1.76. The number of aryl methyl sites for hydroxylation is 1. The minimum absolute atomic E-state index is 0.0134. The number of nitrogens with zero attached hydrogens (tertiary/aromatic N) is 3. The van der Waals surface area contributed by atoms with Crippen LogP contribution in [-0.2, 0) is 27.8 Å². The quantitative estimate of drug-likeness (QED) is 0.824. The maximum Gasteiger partial charge on any atom is 0.332 e. The van der Waals surface area contributed by atoms with Crippen molar-refractivity contribution in [2.24, 2.45) is 7.05 Å². The van der Waals surface area contributed by atoms with Crippen LogP contribution in [0.5, 0.6) is 0 Å². The molecule has 110 valence electrons. The Morgan fingerprint density at radius 2 is 2.30 bits per heavy atom. The summed E-state index contributed by atoms with van der Waals surface area (Å²) >= 11 is 0. The molecule has 7 heteroatoms. The lowest BCUT2D eigenvalue weighted by Crippen LogP contribution is -2.56. The van der Waals surface area contributed by atoms with Gasteiger partial charge < -0.3 is 14.7 Å². The Kier molecular flexibility index (Phi) is 4.08. The van der Waals surface area contributed by atoms with E-state index in [2.05, 4.69) is 5.10 Å². The predicted molar refractivity (Wildman–Crippen MR) is 70.1 cm³/mol. The summed E-state index contributed by atoms with van der Waals surface area (Å²) in [5, 5.41) is 13.5. The number of likely N-dealkylation sites (tertiary alicyclic amines) is 1. The molecular formula is C13H19N3O4. The molecule has 1 aliphatic heterocycles. The second-order valence-electron chi connectivity index (χ2n) is 5.04. The number of hydrogen-bond acceptors (Lipinski definition) is 4. The van der Waals surface area contributed by atoms with Crippen LogP contribution < -0.4 is 0 Å². The lowest BCUT2D eigenvalue weighted by Gasteiger charge is -2.34. The zero-order valence-electron chi connectivity index (χ0n) is 11.7. The van der Waals surface area contributed by atoms with Crippen molar-refractivity contribution in [1.29, 1.82) is 0 Å². The van der Waals surface area contributed by atoms with Gasteiger partial charge in [-0.15, -0.1) is 0 Å². The molecule has 1 aromatic rings. The maximum atomic E-state index is 12.4. The predicted octanol–water partition coefficient (Wildman–Crippen LogP) is 0.0548. The third-order valence-corrected chi connectivity index (χ3v) is 3.83. The number of ether oxygens (including phenoxy) is 1. The summed E-state index contributed by atoms with van der Waals surface area (Å²) in [7, 11) is 3.21. The molecule has 0 aliphatic carbocycles. The van der Waals surface area contributed by atoms with Crippen LogP contribution in [0.3, 0.4) is 0 Å². The largest absolute Gasteiger partial charge is 0.479 e.